The first-order valence-corrected chi connectivity index (χ1v) is 3.69. The number of hydrogen-bond donors (Lipinski definition) is 3. The van der Waals surface area contributed by atoms with Crippen molar-refractivity contribution in [2.24, 2.45) is 16.6 Å². The summed E-state index contributed by atoms with van der Waals surface area (Å²) in [5.74, 6) is -1.38. The number of nitrogens with zero attached hydrogens (tertiary/aromatic N) is 1. The molecule has 6 heteroatoms. The van der Waals surface area contributed by atoms with Crippen LogP contribution < -0.4 is 11.5 Å². The smallest absolute Gasteiger partial charge is 0.369 e. The largest absolute Gasteiger partial charge is 0.507 e. The van der Waals surface area contributed by atoms with Gasteiger partial charge in [0.2, 0.25) is 5.96 Å². The summed E-state index contributed by atoms with van der Waals surface area (Å²) in [6.45, 7) is 0. The molecule has 0 aliphatic heterocycles. The zero-order valence-electron chi connectivity index (χ0n) is 7.18. The Bertz CT molecular complexity index is 372. The van der Waals surface area contributed by atoms with Gasteiger partial charge in [-0.25, -0.2) is 4.79 Å². The van der Waals surface area contributed by atoms with Crippen molar-refractivity contribution in [1.29, 1.82) is 0 Å². The maximum atomic E-state index is 11.2. The number of rotatable bonds is 2. The number of phenols is 1. The molecule has 5 N–H and O–H groups in total. The van der Waals surface area contributed by atoms with Gasteiger partial charge in [0.15, 0.2) is 0 Å². The van der Waals surface area contributed by atoms with Crippen molar-refractivity contribution >= 4 is 11.9 Å². The number of oxime groups is 1. The minimum absolute atomic E-state index is 0.00231. The Morgan fingerprint density at radius 3 is 2.57 bits per heavy atom. The number of para-hydroxylation sites is 1. The van der Waals surface area contributed by atoms with Gasteiger partial charge in [-0.05, 0) is 17.3 Å². The molecule has 74 valence electrons. The number of aromatic hydroxyl groups is 1. The highest BCUT2D eigenvalue weighted by Crippen LogP contribution is 2.16. The molecular formula is C8H9N3O3. The molecule has 14 heavy (non-hydrogen) atoms. The first kappa shape index (κ1) is 9.85. The number of carbonyl (C=O) groups is 1. The molecule has 0 saturated heterocycles. The lowest BCUT2D eigenvalue weighted by atomic mass is 10.2. The zero-order chi connectivity index (χ0) is 10.6. The van der Waals surface area contributed by atoms with Crippen LogP contribution in [0.1, 0.15) is 10.4 Å². The van der Waals surface area contributed by atoms with E-state index >= 15 is 0 Å². The summed E-state index contributed by atoms with van der Waals surface area (Å²) in [4.78, 5) is 15.5. The summed E-state index contributed by atoms with van der Waals surface area (Å²) >= 11 is 0. The number of phenolic OH excluding ortho intramolecular Hbond substituents is 1. The molecule has 0 saturated carbocycles. The fourth-order valence-electron chi connectivity index (χ4n) is 0.790. The topological polar surface area (TPSA) is 111 Å². The molecule has 0 fully saturated rings. The Labute approximate surface area is 79.8 Å². The maximum Gasteiger partial charge on any atom is 0.369 e. The van der Waals surface area contributed by atoms with Crippen molar-refractivity contribution < 1.29 is 14.7 Å². The van der Waals surface area contributed by atoms with Crippen molar-refractivity contribution in [2.45, 2.75) is 0 Å². The highest BCUT2D eigenvalue weighted by Gasteiger charge is 2.11. The molecule has 0 spiro atoms. The second kappa shape index (κ2) is 4.13. The van der Waals surface area contributed by atoms with Crippen LogP contribution in [0.25, 0.3) is 0 Å². The SMILES string of the molecule is NC(N)=NOC(=O)c1ccccc1O. The average Bonchev–Trinajstić information content (AvgIpc) is 2.15. The Hall–Kier alpha value is -2.24. The fraction of sp³-hybridized carbons (Fsp3) is 0. The van der Waals surface area contributed by atoms with E-state index in [1.807, 2.05) is 0 Å². The highest BCUT2D eigenvalue weighted by atomic mass is 16.7. The van der Waals surface area contributed by atoms with E-state index < -0.39 is 5.97 Å². The number of benzene rings is 1. The summed E-state index contributed by atoms with van der Waals surface area (Å²) in [5, 5.41) is 12.3. The Morgan fingerprint density at radius 1 is 1.36 bits per heavy atom. The molecular weight excluding hydrogens is 186 g/mol. The van der Waals surface area contributed by atoms with E-state index in [0.717, 1.165) is 0 Å². The molecule has 0 unspecified atom stereocenters. The molecule has 0 aromatic heterocycles. The van der Waals surface area contributed by atoms with E-state index in [2.05, 4.69) is 9.99 Å². The van der Waals surface area contributed by atoms with Crippen LogP contribution in [-0.4, -0.2) is 17.0 Å². The Balaban J connectivity index is 2.80. The summed E-state index contributed by atoms with van der Waals surface area (Å²) in [5.41, 5.74) is 9.89. The molecule has 0 bridgehead atoms. The van der Waals surface area contributed by atoms with Crippen molar-refractivity contribution in [2.75, 3.05) is 0 Å². The first-order valence-electron chi connectivity index (χ1n) is 3.69. The van der Waals surface area contributed by atoms with E-state index in [1.165, 1.54) is 12.1 Å². The third-order valence-electron chi connectivity index (χ3n) is 1.36. The molecule has 1 rings (SSSR count). The van der Waals surface area contributed by atoms with Gasteiger partial charge in [-0.3, -0.25) is 0 Å². The molecule has 0 atom stereocenters. The fourth-order valence-corrected chi connectivity index (χ4v) is 0.790. The zero-order valence-corrected chi connectivity index (χ0v) is 7.18. The van der Waals surface area contributed by atoms with Gasteiger partial charge < -0.3 is 21.4 Å². The van der Waals surface area contributed by atoms with Crippen LogP contribution in [0.2, 0.25) is 0 Å². The molecule has 0 amide bonds. The van der Waals surface area contributed by atoms with Gasteiger partial charge in [-0.1, -0.05) is 12.1 Å². The normalized spacial score (nSPS) is 9.14. The van der Waals surface area contributed by atoms with E-state index in [-0.39, 0.29) is 17.3 Å². The van der Waals surface area contributed by atoms with Gasteiger partial charge in [0, 0.05) is 0 Å². The molecule has 6 nitrogen and oxygen atoms in total. The van der Waals surface area contributed by atoms with Crippen LogP contribution in [0.3, 0.4) is 0 Å². The third kappa shape index (κ3) is 2.37. The number of guanidine groups is 1. The monoisotopic (exact) mass is 195 g/mol. The predicted molar refractivity (Wildman–Crippen MR) is 49.3 cm³/mol. The molecule has 1 aromatic carbocycles. The third-order valence-corrected chi connectivity index (χ3v) is 1.36. The molecule has 0 aliphatic carbocycles. The van der Waals surface area contributed by atoms with Crippen molar-refractivity contribution in [3.05, 3.63) is 29.8 Å². The van der Waals surface area contributed by atoms with E-state index in [4.69, 9.17) is 11.5 Å². The first-order chi connectivity index (χ1) is 6.61. The van der Waals surface area contributed by atoms with E-state index in [0.29, 0.717) is 0 Å². The lowest BCUT2D eigenvalue weighted by molar-refractivity contribution is 0.0511. The number of carbonyl (C=O) groups excluding carboxylic acids is 1. The predicted octanol–water partition coefficient (Wildman–Crippen LogP) is -0.263. The Morgan fingerprint density at radius 2 is 2.00 bits per heavy atom. The van der Waals surface area contributed by atoms with Crippen molar-refractivity contribution in [3.8, 4) is 5.75 Å². The van der Waals surface area contributed by atoms with Crippen LogP contribution >= 0.6 is 0 Å². The van der Waals surface area contributed by atoms with Gasteiger partial charge in [0.1, 0.15) is 11.3 Å². The number of nitrogens with two attached hydrogens (primary N) is 2. The van der Waals surface area contributed by atoms with Crippen molar-refractivity contribution in [1.82, 2.24) is 0 Å². The second-order valence-electron chi connectivity index (χ2n) is 2.41. The lowest BCUT2D eigenvalue weighted by Crippen LogP contribution is -2.23. The van der Waals surface area contributed by atoms with Crippen LogP contribution in [0, 0.1) is 0 Å². The summed E-state index contributed by atoms with van der Waals surface area (Å²) < 4.78 is 0. The maximum absolute atomic E-state index is 11.2. The minimum Gasteiger partial charge on any atom is -0.507 e. The van der Waals surface area contributed by atoms with Crippen LogP contribution in [0.4, 0.5) is 0 Å². The molecule has 1 aromatic rings. The van der Waals surface area contributed by atoms with Gasteiger partial charge in [0.05, 0.1) is 0 Å². The van der Waals surface area contributed by atoms with Gasteiger partial charge in [-0.15, -0.1) is 0 Å². The lowest BCUT2D eigenvalue weighted by Gasteiger charge is -2.00. The molecule has 0 aliphatic rings. The summed E-state index contributed by atoms with van der Waals surface area (Å²) in [7, 11) is 0. The molecule has 0 heterocycles. The van der Waals surface area contributed by atoms with Crippen LogP contribution in [0.5, 0.6) is 5.75 Å². The summed E-state index contributed by atoms with van der Waals surface area (Å²) in [6, 6.07) is 5.89. The molecule has 0 radical (unpaired) electrons. The summed E-state index contributed by atoms with van der Waals surface area (Å²) in [6.07, 6.45) is 0. The Kier molecular flexibility index (Phi) is 2.90. The van der Waals surface area contributed by atoms with E-state index in [9.17, 15) is 9.90 Å². The van der Waals surface area contributed by atoms with Crippen LogP contribution in [-0.2, 0) is 4.84 Å². The van der Waals surface area contributed by atoms with Gasteiger partial charge in [-0.2, -0.15) is 0 Å². The standard InChI is InChI=1S/C8H9N3O3/c9-8(10)11-14-7(13)5-3-1-2-4-6(5)12/h1-4,12H,(H4,9,10,11). The van der Waals surface area contributed by atoms with Crippen molar-refractivity contribution in [3.63, 3.8) is 0 Å². The quantitative estimate of drug-likeness (QED) is 0.260. The van der Waals surface area contributed by atoms with Crippen LogP contribution in [0.15, 0.2) is 29.4 Å². The van der Waals surface area contributed by atoms with E-state index in [1.54, 1.807) is 12.1 Å². The van der Waals surface area contributed by atoms with Gasteiger partial charge >= 0.3 is 5.97 Å². The minimum atomic E-state index is -0.823. The number of hydrogen-bond acceptors (Lipinski definition) is 4. The average molecular weight is 195 g/mol. The second-order valence-corrected chi connectivity index (χ2v) is 2.41. The highest BCUT2D eigenvalue weighted by molar-refractivity contribution is 5.92. The van der Waals surface area contributed by atoms with Gasteiger partial charge in [0.25, 0.3) is 0 Å².